The number of hydrogen-bond donors (Lipinski definition) is 3. The molecular weight excluding hydrogens is 461 g/mol. The van der Waals surface area contributed by atoms with Crippen LogP contribution in [0.25, 0.3) is 22.3 Å². The zero-order valence-corrected chi connectivity index (χ0v) is 19.3. The highest BCUT2D eigenvalue weighted by molar-refractivity contribution is 6.09. The fraction of sp³-hybridized carbons (Fsp3) is 0.480. The maximum atomic E-state index is 13.5. The molecule has 3 N–H and O–H groups in total. The number of carbonyl (C=O) groups excluding carboxylic acids is 1. The van der Waals surface area contributed by atoms with Gasteiger partial charge in [-0.3, -0.25) is 4.79 Å². The van der Waals surface area contributed by atoms with E-state index in [1.165, 1.54) is 12.4 Å². The van der Waals surface area contributed by atoms with Crippen molar-refractivity contribution < 1.29 is 27.8 Å². The predicted octanol–water partition coefficient (Wildman–Crippen LogP) is 4.77. The SMILES string of the molecule is Cc1[nH]c2c(-c3cc(C(F)(F)F)ccc3OCC3CC3)ncnc2c1C(=O)N[C@@H]1CCC[C@@H](O)C1. The number of aryl methyl sites for hydroxylation is 1. The first kappa shape index (κ1) is 23.6. The largest absolute Gasteiger partial charge is 0.493 e. The summed E-state index contributed by atoms with van der Waals surface area (Å²) >= 11 is 0. The minimum atomic E-state index is -4.53. The molecule has 2 aliphatic rings. The van der Waals surface area contributed by atoms with Crippen LogP contribution in [0.15, 0.2) is 24.5 Å². The number of aliphatic hydroxyl groups is 1. The molecule has 1 aromatic carbocycles. The van der Waals surface area contributed by atoms with Crippen LogP contribution >= 0.6 is 0 Å². The lowest BCUT2D eigenvalue weighted by Crippen LogP contribution is -2.39. The third-order valence-corrected chi connectivity index (χ3v) is 6.71. The van der Waals surface area contributed by atoms with Gasteiger partial charge in [0.25, 0.3) is 5.91 Å². The molecule has 0 radical (unpaired) electrons. The van der Waals surface area contributed by atoms with Gasteiger partial charge in [0.2, 0.25) is 0 Å². The number of nitrogens with zero attached hydrogens (tertiary/aromatic N) is 2. The van der Waals surface area contributed by atoms with E-state index in [4.69, 9.17) is 4.74 Å². The molecule has 0 spiro atoms. The lowest BCUT2D eigenvalue weighted by Gasteiger charge is -2.26. The Bertz CT molecular complexity index is 1250. The molecule has 0 aliphatic heterocycles. The van der Waals surface area contributed by atoms with E-state index in [2.05, 4.69) is 20.3 Å². The molecule has 186 valence electrons. The molecule has 2 aliphatic carbocycles. The van der Waals surface area contributed by atoms with E-state index in [0.717, 1.165) is 44.2 Å². The average molecular weight is 489 g/mol. The average Bonchev–Trinajstić information content (AvgIpc) is 3.56. The molecule has 2 atom stereocenters. The lowest BCUT2D eigenvalue weighted by molar-refractivity contribution is -0.137. The summed E-state index contributed by atoms with van der Waals surface area (Å²) in [5.74, 6) is 0.378. The van der Waals surface area contributed by atoms with Crippen LogP contribution in [-0.4, -0.2) is 44.7 Å². The van der Waals surface area contributed by atoms with Crippen molar-refractivity contribution in [3.8, 4) is 17.0 Å². The normalized spacial score (nSPS) is 20.7. The molecule has 5 rings (SSSR count). The number of alkyl halides is 3. The van der Waals surface area contributed by atoms with E-state index in [1.54, 1.807) is 6.92 Å². The number of hydrogen-bond acceptors (Lipinski definition) is 5. The van der Waals surface area contributed by atoms with Crippen LogP contribution < -0.4 is 10.1 Å². The van der Waals surface area contributed by atoms with Gasteiger partial charge in [-0.2, -0.15) is 13.2 Å². The summed E-state index contributed by atoms with van der Waals surface area (Å²) < 4.78 is 46.5. The number of halogens is 3. The Kier molecular flexibility index (Phi) is 6.16. The molecule has 7 nitrogen and oxygen atoms in total. The predicted molar refractivity (Wildman–Crippen MR) is 123 cm³/mol. The van der Waals surface area contributed by atoms with Crippen molar-refractivity contribution in [3.63, 3.8) is 0 Å². The second-order valence-electron chi connectivity index (χ2n) is 9.52. The van der Waals surface area contributed by atoms with Crippen molar-refractivity contribution in [1.82, 2.24) is 20.3 Å². The van der Waals surface area contributed by atoms with E-state index in [-0.39, 0.29) is 23.2 Å². The Balaban J connectivity index is 1.54. The highest BCUT2D eigenvalue weighted by Crippen LogP contribution is 2.40. The maximum Gasteiger partial charge on any atom is 0.416 e. The van der Waals surface area contributed by atoms with Crippen LogP contribution in [0.5, 0.6) is 5.75 Å². The minimum Gasteiger partial charge on any atom is -0.493 e. The summed E-state index contributed by atoms with van der Waals surface area (Å²) in [5.41, 5.74) is 1.16. The summed E-state index contributed by atoms with van der Waals surface area (Å²) in [6, 6.07) is 3.21. The summed E-state index contributed by atoms with van der Waals surface area (Å²) in [4.78, 5) is 24.8. The third-order valence-electron chi connectivity index (χ3n) is 6.71. The molecule has 2 saturated carbocycles. The Hall–Kier alpha value is -3.14. The van der Waals surface area contributed by atoms with E-state index in [0.29, 0.717) is 47.0 Å². The number of fused-ring (bicyclic) bond motifs is 1. The van der Waals surface area contributed by atoms with Gasteiger partial charge in [0.05, 0.1) is 29.4 Å². The van der Waals surface area contributed by atoms with Crippen molar-refractivity contribution in [2.75, 3.05) is 6.61 Å². The van der Waals surface area contributed by atoms with E-state index < -0.39 is 17.8 Å². The molecule has 0 saturated heterocycles. The molecule has 2 heterocycles. The molecule has 10 heteroatoms. The second kappa shape index (κ2) is 9.14. The van der Waals surface area contributed by atoms with Gasteiger partial charge in [-0.15, -0.1) is 0 Å². The number of carbonyl (C=O) groups is 1. The quantitative estimate of drug-likeness (QED) is 0.464. The highest BCUT2D eigenvalue weighted by Gasteiger charge is 2.33. The van der Waals surface area contributed by atoms with Crippen LogP contribution in [0.1, 0.15) is 60.1 Å². The smallest absolute Gasteiger partial charge is 0.416 e. The van der Waals surface area contributed by atoms with E-state index in [9.17, 15) is 23.1 Å². The number of aromatic amines is 1. The molecular formula is C25H27F3N4O3. The third kappa shape index (κ3) is 4.98. The second-order valence-corrected chi connectivity index (χ2v) is 9.52. The number of aromatic nitrogens is 3. The number of benzene rings is 1. The van der Waals surface area contributed by atoms with Gasteiger partial charge in [0, 0.05) is 17.3 Å². The number of H-pyrrole nitrogens is 1. The maximum absolute atomic E-state index is 13.5. The van der Waals surface area contributed by atoms with Gasteiger partial charge in [0.15, 0.2) is 0 Å². The summed E-state index contributed by atoms with van der Waals surface area (Å²) in [5, 5.41) is 12.9. The molecule has 0 bridgehead atoms. The minimum absolute atomic E-state index is 0.150. The highest BCUT2D eigenvalue weighted by atomic mass is 19.4. The van der Waals surface area contributed by atoms with Gasteiger partial charge >= 0.3 is 6.18 Å². The first-order valence-corrected chi connectivity index (χ1v) is 11.9. The lowest BCUT2D eigenvalue weighted by atomic mass is 9.93. The van der Waals surface area contributed by atoms with Crippen molar-refractivity contribution >= 4 is 16.9 Å². The van der Waals surface area contributed by atoms with Crippen LogP contribution in [0.3, 0.4) is 0 Å². The Morgan fingerprint density at radius 3 is 2.74 bits per heavy atom. The molecule has 2 aromatic heterocycles. The summed E-state index contributed by atoms with van der Waals surface area (Å²) in [6.45, 7) is 2.14. The number of nitrogens with one attached hydrogen (secondary N) is 2. The number of rotatable bonds is 6. The van der Waals surface area contributed by atoms with Gasteiger partial charge < -0.3 is 20.1 Å². The zero-order chi connectivity index (χ0) is 24.7. The fourth-order valence-electron chi connectivity index (χ4n) is 4.67. The molecule has 3 aromatic rings. The van der Waals surface area contributed by atoms with Crippen LogP contribution in [-0.2, 0) is 6.18 Å². The van der Waals surface area contributed by atoms with Crippen molar-refractivity contribution in [1.29, 1.82) is 0 Å². The topological polar surface area (TPSA) is 100 Å². The van der Waals surface area contributed by atoms with Gasteiger partial charge in [-0.25, -0.2) is 9.97 Å². The van der Waals surface area contributed by atoms with E-state index in [1.807, 2.05) is 0 Å². The van der Waals surface area contributed by atoms with Crippen molar-refractivity contribution in [2.24, 2.45) is 5.92 Å². The van der Waals surface area contributed by atoms with Gasteiger partial charge in [-0.1, -0.05) is 0 Å². The molecule has 2 fully saturated rings. The number of ether oxygens (including phenoxy) is 1. The number of aliphatic hydroxyl groups excluding tert-OH is 1. The zero-order valence-electron chi connectivity index (χ0n) is 19.3. The summed E-state index contributed by atoms with van der Waals surface area (Å²) in [6.07, 6.45) is 1.16. The molecule has 1 amide bonds. The van der Waals surface area contributed by atoms with Gasteiger partial charge in [0.1, 0.15) is 23.3 Å². The van der Waals surface area contributed by atoms with Crippen molar-refractivity contribution in [3.05, 3.63) is 41.3 Å². The first-order chi connectivity index (χ1) is 16.7. The van der Waals surface area contributed by atoms with Crippen LogP contribution in [0, 0.1) is 12.8 Å². The van der Waals surface area contributed by atoms with E-state index >= 15 is 0 Å². The molecule has 0 unspecified atom stereocenters. The van der Waals surface area contributed by atoms with Gasteiger partial charge in [-0.05, 0) is 69.6 Å². The monoisotopic (exact) mass is 488 g/mol. The summed E-state index contributed by atoms with van der Waals surface area (Å²) in [7, 11) is 0. The van der Waals surface area contributed by atoms with Crippen molar-refractivity contribution in [2.45, 2.75) is 63.8 Å². The van der Waals surface area contributed by atoms with Crippen LogP contribution in [0.2, 0.25) is 0 Å². The Labute approximate surface area is 200 Å². The Morgan fingerprint density at radius 1 is 1.23 bits per heavy atom. The Morgan fingerprint density at radius 2 is 2.03 bits per heavy atom. The first-order valence-electron chi connectivity index (χ1n) is 11.9. The van der Waals surface area contributed by atoms with Crippen LogP contribution in [0.4, 0.5) is 13.2 Å². The molecule has 35 heavy (non-hydrogen) atoms. The standard InChI is InChI=1S/C25H27F3N4O3/c1-13-20(24(34)32-16-3-2-4-17(33)10-16)22-23(31-13)21(29-12-30-22)18-9-15(25(26,27)28)7-8-19(18)35-11-14-5-6-14/h7-9,12,14,16-17,31,33H,2-6,10-11H2,1H3,(H,32,34)/t16-,17-/m1/s1. The number of amides is 1. The fourth-order valence-corrected chi connectivity index (χ4v) is 4.67.